The molecule has 0 radical (unpaired) electrons. The molecule has 18 heavy (non-hydrogen) atoms. The molecule has 0 spiro atoms. The first-order chi connectivity index (χ1) is 8.19. The summed E-state index contributed by atoms with van der Waals surface area (Å²) in [6.45, 7) is 10.9. The van der Waals surface area contributed by atoms with E-state index in [1.54, 1.807) is 0 Å². The van der Waals surface area contributed by atoms with Gasteiger partial charge < -0.3 is 10.1 Å². The van der Waals surface area contributed by atoms with Gasteiger partial charge in [0.05, 0.1) is 5.56 Å². The molecule has 2 rings (SSSR count). The number of carbonyl (C=O) groups is 1. The van der Waals surface area contributed by atoms with E-state index in [4.69, 9.17) is 4.74 Å². The monoisotopic (exact) mass is 247 g/mol. The van der Waals surface area contributed by atoms with Crippen LogP contribution in [0.2, 0.25) is 0 Å². The number of anilines is 1. The minimum Gasteiger partial charge on any atom is -0.456 e. The average molecular weight is 247 g/mol. The lowest BCUT2D eigenvalue weighted by atomic mass is 9.86. The van der Waals surface area contributed by atoms with Gasteiger partial charge in [-0.1, -0.05) is 13.8 Å². The second-order valence-corrected chi connectivity index (χ2v) is 6.50. The maximum atomic E-state index is 12.0. The Hall–Kier alpha value is -1.51. The zero-order valence-corrected chi connectivity index (χ0v) is 11.8. The van der Waals surface area contributed by atoms with E-state index in [0.29, 0.717) is 5.56 Å². The maximum Gasteiger partial charge on any atom is 0.338 e. The van der Waals surface area contributed by atoms with E-state index in [0.717, 1.165) is 12.2 Å². The van der Waals surface area contributed by atoms with E-state index in [9.17, 15) is 4.79 Å². The van der Waals surface area contributed by atoms with Gasteiger partial charge in [0.25, 0.3) is 0 Å². The predicted molar refractivity (Wildman–Crippen MR) is 73.1 cm³/mol. The smallest absolute Gasteiger partial charge is 0.338 e. The number of hydrogen-bond acceptors (Lipinski definition) is 3. The van der Waals surface area contributed by atoms with Crippen LogP contribution >= 0.6 is 0 Å². The van der Waals surface area contributed by atoms with Crippen molar-refractivity contribution in [1.29, 1.82) is 0 Å². The molecule has 0 saturated heterocycles. The molecular formula is C15H21NO2. The Labute approximate surface area is 109 Å². The van der Waals surface area contributed by atoms with Crippen molar-refractivity contribution in [3.05, 3.63) is 29.3 Å². The Balaban J connectivity index is 2.30. The second-order valence-electron chi connectivity index (χ2n) is 6.50. The first-order valence-corrected chi connectivity index (χ1v) is 6.31. The number of esters is 1. The molecule has 1 heterocycles. The SMILES string of the molecule is CC(C)(C)OC(=O)c1ccc2c(c1)C(C)(C)CN2. The van der Waals surface area contributed by atoms with Crippen LogP contribution in [0.5, 0.6) is 0 Å². The lowest BCUT2D eigenvalue weighted by Crippen LogP contribution is -2.24. The summed E-state index contributed by atoms with van der Waals surface area (Å²) in [4.78, 5) is 12.0. The van der Waals surface area contributed by atoms with Crippen LogP contribution in [0.4, 0.5) is 5.69 Å². The number of rotatable bonds is 1. The molecule has 0 aliphatic carbocycles. The summed E-state index contributed by atoms with van der Waals surface area (Å²) in [7, 11) is 0. The Bertz CT molecular complexity index is 484. The van der Waals surface area contributed by atoms with E-state index in [1.807, 2.05) is 39.0 Å². The zero-order chi connectivity index (χ0) is 13.6. The molecule has 0 bridgehead atoms. The number of benzene rings is 1. The molecule has 0 aromatic heterocycles. The number of hydrogen-bond donors (Lipinski definition) is 1. The second kappa shape index (κ2) is 4.01. The predicted octanol–water partition coefficient (Wildman–Crippen LogP) is 3.35. The van der Waals surface area contributed by atoms with E-state index in [1.165, 1.54) is 5.56 Å². The average Bonchev–Trinajstić information content (AvgIpc) is 2.52. The Morgan fingerprint density at radius 2 is 2.00 bits per heavy atom. The highest BCUT2D eigenvalue weighted by molar-refractivity contribution is 5.91. The molecule has 1 aromatic rings. The highest BCUT2D eigenvalue weighted by Crippen LogP contribution is 2.36. The molecule has 0 amide bonds. The van der Waals surface area contributed by atoms with Crippen molar-refractivity contribution in [2.75, 3.05) is 11.9 Å². The van der Waals surface area contributed by atoms with Crippen LogP contribution in [0.3, 0.4) is 0 Å². The van der Waals surface area contributed by atoms with Gasteiger partial charge in [-0.2, -0.15) is 0 Å². The molecule has 98 valence electrons. The number of fused-ring (bicyclic) bond motifs is 1. The quantitative estimate of drug-likeness (QED) is 0.773. The fraction of sp³-hybridized carbons (Fsp3) is 0.533. The number of carbonyl (C=O) groups excluding carboxylic acids is 1. The molecular weight excluding hydrogens is 226 g/mol. The zero-order valence-electron chi connectivity index (χ0n) is 11.8. The summed E-state index contributed by atoms with van der Waals surface area (Å²) >= 11 is 0. The van der Waals surface area contributed by atoms with Crippen molar-refractivity contribution < 1.29 is 9.53 Å². The van der Waals surface area contributed by atoms with Gasteiger partial charge >= 0.3 is 5.97 Å². The largest absolute Gasteiger partial charge is 0.456 e. The van der Waals surface area contributed by atoms with Crippen LogP contribution in [-0.4, -0.2) is 18.1 Å². The van der Waals surface area contributed by atoms with E-state index >= 15 is 0 Å². The fourth-order valence-electron chi connectivity index (χ4n) is 2.13. The first-order valence-electron chi connectivity index (χ1n) is 6.31. The van der Waals surface area contributed by atoms with Crippen LogP contribution in [0.25, 0.3) is 0 Å². The third-order valence-corrected chi connectivity index (χ3v) is 3.10. The summed E-state index contributed by atoms with van der Waals surface area (Å²) in [6.07, 6.45) is 0. The summed E-state index contributed by atoms with van der Waals surface area (Å²) in [5.74, 6) is -0.256. The van der Waals surface area contributed by atoms with Crippen molar-refractivity contribution in [2.24, 2.45) is 0 Å². The van der Waals surface area contributed by atoms with Crippen molar-refractivity contribution >= 4 is 11.7 Å². The third kappa shape index (κ3) is 2.50. The fourth-order valence-corrected chi connectivity index (χ4v) is 2.13. The van der Waals surface area contributed by atoms with Gasteiger partial charge in [0, 0.05) is 17.6 Å². The van der Waals surface area contributed by atoms with Gasteiger partial charge in [-0.15, -0.1) is 0 Å². The van der Waals surface area contributed by atoms with Crippen LogP contribution in [-0.2, 0) is 10.2 Å². The number of nitrogens with one attached hydrogen (secondary N) is 1. The van der Waals surface area contributed by atoms with Crippen molar-refractivity contribution in [3.63, 3.8) is 0 Å². The molecule has 0 fully saturated rings. The molecule has 3 nitrogen and oxygen atoms in total. The summed E-state index contributed by atoms with van der Waals surface area (Å²) in [5, 5.41) is 3.35. The Morgan fingerprint density at radius 3 is 2.61 bits per heavy atom. The lowest BCUT2D eigenvalue weighted by molar-refractivity contribution is 0.00694. The summed E-state index contributed by atoms with van der Waals surface area (Å²) < 4.78 is 5.39. The van der Waals surface area contributed by atoms with Crippen LogP contribution in [0, 0.1) is 0 Å². The molecule has 0 saturated carbocycles. The number of ether oxygens (including phenoxy) is 1. The van der Waals surface area contributed by atoms with Crippen LogP contribution < -0.4 is 5.32 Å². The molecule has 1 aromatic carbocycles. The van der Waals surface area contributed by atoms with Gasteiger partial charge in [-0.05, 0) is 44.5 Å². The Kier molecular flexibility index (Phi) is 2.88. The molecule has 1 aliphatic heterocycles. The van der Waals surface area contributed by atoms with Crippen LogP contribution in [0.1, 0.15) is 50.5 Å². The molecule has 1 N–H and O–H groups in total. The van der Waals surface area contributed by atoms with Gasteiger partial charge in [-0.25, -0.2) is 4.79 Å². The lowest BCUT2D eigenvalue weighted by Gasteiger charge is -2.21. The van der Waals surface area contributed by atoms with Gasteiger partial charge in [0.2, 0.25) is 0 Å². The topological polar surface area (TPSA) is 38.3 Å². The standard InChI is InChI=1S/C15H21NO2/c1-14(2,3)18-13(17)10-6-7-12-11(8-10)15(4,5)9-16-12/h6-8,16H,9H2,1-5H3. The molecule has 3 heteroatoms. The highest BCUT2D eigenvalue weighted by Gasteiger charge is 2.30. The van der Waals surface area contributed by atoms with Crippen molar-refractivity contribution in [2.45, 2.75) is 45.6 Å². The van der Waals surface area contributed by atoms with E-state index < -0.39 is 5.60 Å². The normalized spacial score (nSPS) is 16.9. The third-order valence-electron chi connectivity index (χ3n) is 3.10. The van der Waals surface area contributed by atoms with Gasteiger partial charge in [0.1, 0.15) is 5.60 Å². The van der Waals surface area contributed by atoms with Crippen molar-refractivity contribution in [1.82, 2.24) is 0 Å². The highest BCUT2D eigenvalue weighted by atomic mass is 16.6. The summed E-state index contributed by atoms with van der Waals surface area (Å²) in [6, 6.07) is 5.73. The van der Waals surface area contributed by atoms with Crippen molar-refractivity contribution in [3.8, 4) is 0 Å². The minimum absolute atomic E-state index is 0.0629. The van der Waals surface area contributed by atoms with Gasteiger partial charge in [0.15, 0.2) is 0 Å². The molecule has 0 unspecified atom stereocenters. The maximum absolute atomic E-state index is 12.0. The Morgan fingerprint density at radius 1 is 1.33 bits per heavy atom. The van der Waals surface area contributed by atoms with E-state index in [2.05, 4.69) is 19.2 Å². The van der Waals surface area contributed by atoms with E-state index in [-0.39, 0.29) is 11.4 Å². The molecule has 1 aliphatic rings. The van der Waals surface area contributed by atoms with Crippen LogP contribution in [0.15, 0.2) is 18.2 Å². The molecule has 0 atom stereocenters. The first kappa shape index (κ1) is 12.9. The van der Waals surface area contributed by atoms with Gasteiger partial charge in [-0.3, -0.25) is 0 Å². The summed E-state index contributed by atoms with van der Waals surface area (Å²) in [5.41, 5.74) is 2.54. The minimum atomic E-state index is -0.454.